The maximum atomic E-state index is 13.3. The van der Waals surface area contributed by atoms with Gasteiger partial charge in [0.2, 0.25) is 5.91 Å². The summed E-state index contributed by atoms with van der Waals surface area (Å²) in [5.74, 6) is -0.213. The van der Waals surface area contributed by atoms with E-state index in [-0.39, 0.29) is 24.9 Å². The number of benzene rings is 1. The Morgan fingerprint density at radius 2 is 1.90 bits per heavy atom. The first-order valence-corrected chi connectivity index (χ1v) is 10.5. The van der Waals surface area contributed by atoms with Crippen LogP contribution in [0.5, 0.6) is 5.75 Å². The zero-order valence-electron chi connectivity index (χ0n) is 18.1. The van der Waals surface area contributed by atoms with Gasteiger partial charge in [-0.25, -0.2) is 4.98 Å². The van der Waals surface area contributed by atoms with Crippen LogP contribution in [0.25, 0.3) is 11.3 Å². The molecule has 9 heteroatoms. The molecule has 1 aromatic heterocycles. The molecule has 5 nitrogen and oxygen atoms in total. The van der Waals surface area contributed by atoms with E-state index in [4.69, 9.17) is 9.47 Å². The van der Waals surface area contributed by atoms with Gasteiger partial charge >= 0.3 is 6.18 Å². The topological polar surface area (TPSA) is 60.5 Å². The Morgan fingerprint density at radius 1 is 1.23 bits per heavy atom. The van der Waals surface area contributed by atoms with E-state index in [2.05, 4.69) is 10.3 Å². The van der Waals surface area contributed by atoms with Crippen LogP contribution in [0.1, 0.15) is 45.1 Å². The number of hydrogen-bond donors (Lipinski definition) is 1. The predicted molar refractivity (Wildman–Crippen MR) is 114 cm³/mol. The van der Waals surface area contributed by atoms with Crippen LogP contribution in [-0.2, 0) is 22.1 Å². The number of hydrogen-bond acceptors (Lipinski definition) is 5. The number of aromatic nitrogens is 1. The van der Waals surface area contributed by atoms with Crippen molar-refractivity contribution in [3.63, 3.8) is 0 Å². The summed E-state index contributed by atoms with van der Waals surface area (Å²) >= 11 is 1.32. The van der Waals surface area contributed by atoms with Gasteiger partial charge in [0.05, 0.1) is 17.9 Å². The molecule has 0 saturated heterocycles. The van der Waals surface area contributed by atoms with Crippen LogP contribution < -0.4 is 10.1 Å². The van der Waals surface area contributed by atoms with Crippen LogP contribution in [0.15, 0.2) is 18.2 Å². The first-order valence-electron chi connectivity index (χ1n) is 9.72. The summed E-state index contributed by atoms with van der Waals surface area (Å²) in [5.41, 5.74) is 0.201. The fourth-order valence-electron chi connectivity index (χ4n) is 2.55. The van der Waals surface area contributed by atoms with E-state index in [0.29, 0.717) is 28.7 Å². The molecule has 0 unspecified atom stereocenters. The molecule has 0 aliphatic heterocycles. The summed E-state index contributed by atoms with van der Waals surface area (Å²) in [5, 5.41) is 3.06. The SMILES string of the molecule is CC.COCCOc1cc(-c2nc(NC(C)=O)sc2CC(C)C)ccc1C(F)(F)F. The van der Waals surface area contributed by atoms with Crippen molar-refractivity contribution in [3.05, 3.63) is 28.6 Å². The second-order valence-corrected chi connectivity index (χ2v) is 7.70. The number of ether oxygens (including phenoxy) is 2. The highest BCUT2D eigenvalue weighted by molar-refractivity contribution is 7.16. The molecule has 1 aromatic carbocycles. The Hall–Kier alpha value is -2.13. The van der Waals surface area contributed by atoms with E-state index in [1.165, 1.54) is 37.5 Å². The van der Waals surface area contributed by atoms with E-state index >= 15 is 0 Å². The van der Waals surface area contributed by atoms with Crippen molar-refractivity contribution in [1.82, 2.24) is 4.98 Å². The minimum Gasteiger partial charge on any atom is -0.491 e. The van der Waals surface area contributed by atoms with Gasteiger partial charge in [0, 0.05) is 24.5 Å². The smallest absolute Gasteiger partial charge is 0.419 e. The third kappa shape index (κ3) is 7.60. The minimum absolute atomic E-state index is 0.00388. The summed E-state index contributed by atoms with van der Waals surface area (Å²) in [6.45, 7) is 9.61. The average molecular weight is 447 g/mol. The number of amides is 1. The molecule has 0 bridgehead atoms. The van der Waals surface area contributed by atoms with Crippen molar-refractivity contribution in [2.24, 2.45) is 5.92 Å². The Morgan fingerprint density at radius 3 is 2.43 bits per heavy atom. The molecule has 2 aromatic rings. The number of rotatable bonds is 8. The van der Waals surface area contributed by atoms with Gasteiger partial charge in [-0.05, 0) is 24.5 Å². The van der Waals surface area contributed by atoms with Crippen LogP contribution in [-0.4, -0.2) is 31.2 Å². The van der Waals surface area contributed by atoms with Crippen molar-refractivity contribution in [1.29, 1.82) is 0 Å². The van der Waals surface area contributed by atoms with Crippen molar-refractivity contribution in [2.45, 2.75) is 47.2 Å². The number of alkyl halides is 3. The molecule has 0 aliphatic carbocycles. The normalized spacial score (nSPS) is 11.1. The number of methoxy groups -OCH3 is 1. The molecular weight excluding hydrogens is 417 g/mol. The van der Waals surface area contributed by atoms with Crippen molar-refractivity contribution in [3.8, 4) is 17.0 Å². The zero-order valence-corrected chi connectivity index (χ0v) is 19.0. The minimum atomic E-state index is -4.54. The first-order chi connectivity index (χ1) is 14.1. The molecule has 1 heterocycles. The van der Waals surface area contributed by atoms with Crippen molar-refractivity contribution < 1.29 is 27.4 Å². The van der Waals surface area contributed by atoms with E-state index in [1.54, 1.807) is 0 Å². The highest BCUT2D eigenvalue weighted by Gasteiger charge is 2.34. The highest BCUT2D eigenvalue weighted by atomic mass is 32.1. The van der Waals surface area contributed by atoms with Gasteiger partial charge < -0.3 is 14.8 Å². The molecule has 0 radical (unpaired) electrons. The molecule has 0 spiro atoms. The van der Waals surface area contributed by atoms with Gasteiger partial charge in [-0.2, -0.15) is 13.2 Å². The second kappa shape index (κ2) is 11.9. The average Bonchev–Trinajstić information content (AvgIpc) is 3.03. The molecule has 1 amide bonds. The standard InChI is InChI=1S/C19H23F3N2O3S.C2H6/c1-11(2)9-16-17(24-18(28-16)23-12(3)25)13-5-6-14(19(20,21)22)15(10-13)27-8-7-26-4;1-2/h5-6,10-11H,7-9H2,1-4H3,(H,23,24,25);1-2H3. The quantitative estimate of drug-likeness (QED) is 0.503. The number of nitrogens with zero attached hydrogens (tertiary/aromatic N) is 1. The fraction of sp³-hybridized carbons (Fsp3) is 0.524. The van der Waals surface area contributed by atoms with Gasteiger partial charge in [0.15, 0.2) is 5.13 Å². The number of carbonyl (C=O) groups is 1. The Bertz CT molecular complexity index is 820. The summed E-state index contributed by atoms with van der Waals surface area (Å²) in [7, 11) is 1.45. The molecule has 0 aliphatic rings. The lowest BCUT2D eigenvalue weighted by molar-refractivity contribution is -0.139. The van der Waals surface area contributed by atoms with Crippen LogP contribution >= 0.6 is 11.3 Å². The molecule has 0 saturated carbocycles. The third-order valence-corrected chi connectivity index (χ3v) is 4.67. The maximum Gasteiger partial charge on any atom is 0.419 e. The molecule has 30 heavy (non-hydrogen) atoms. The summed E-state index contributed by atoms with van der Waals surface area (Å²) in [4.78, 5) is 16.7. The van der Waals surface area contributed by atoms with E-state index in [0.717, 1.165) is 10.9 Å². The molecule has 0 atom stereocenters. The summed E-state index contributed by atoms with van der Waals surface area (Å²) in [6, 6.07) is 3.71. The lowest BCUT2D eigenvalue weighted by atomic mass is 10.0. The monoisotopic (exact) mass is 446 g/mol. The van der Waals surface area contributed by atoms with E-state index in [9.17, 15) is 18.0 Å². The molecule has 2 rings (SSSR count). The van der Waals surface area contributed by atoms with Gasteiger partial charge in [-0.1, -0.05) is 33.8 Å². The second-order valence-electron chi connectivity index (χ2n) is 6.62. The number of anilines is 1. The van der Waals surface area contributed by atoms with Gasteiger partial charge in [-0.3, -0.25) is 4.79 Å². The Labute approximate surface area is 179 Å². The van der Waals surface area contributed by atoms with Crippen molar-refractivity contribution in [2.75, 3.05) is 25.6 Å². The van der Waals surface area contributed by atoms with E-state index in [1.807, 2.05) is 27.7 Å². The zero-order chi connectivity index (χ0) is 22.9. The Balaban J connectivity index is 0.00000218. The van der Waals surface area contributed by atoms with Gasteiger partial charge in [0.1, 0.15) is 12.4 Å². The third-order valence-electron chi connectivity index (χ3n) is 3.68. The fourth-order valence-corrected chi connectivity index (χ4v) is 3.79. The van der Waals surface area contributed by atoms with Gasteiger partial charge in [-0.15, -0.1) is 11.3 Å². The summed E-state index contributed by atoms with van der Waals surface area (Å²) < 4.78 is 50.1. The number of carbonyl (C=O) groups excluding carboxylic acids is 1. The van der Waals surface area contributed by atoms with Gasteiger partial charge in [0.25, 0.3) is 0 Å². The van der Waals surface area contributed by atoms with Crippen LogP contribution in [0.2, 0.25) is 0 Å². The van der Waals surface area contributed by atoms with Crippen molar-refractivity contribution >= 4 is 22.4 Å². The lowest BCUT2D eigenvalue weighted by Gasteiger charge is -2.15. The van der Waals surface area contributed by atoms with Crippen LogP contribution in [0.3, 0.4) is 0 Å². The number of nitrogens with one attached hydrogen (secondary N) is 1. The predicted octanol–water partition coefficient (Wildman–Crippen LogP) is 6.04. The first kappa shape index (κ1) is 25.9. The highest BCUT2D eigenvalue weighted by Crippen LogP contribution is 2.40. The number of halogens is 3. The Kier molecular flexibility index (Phi) is 10.3. The van der Waals surface area contributed by atoms with Crippen LogP contribution in [0, 0.1) is 5.92 Å². The summed E-state index contributed by atoms with van der Waals surface area (Å²) in [6.07, 6.45) is -3.85. The molecular formula is C21H29F3N2O3S. The number of thiazole rings is 1. The molecule has 1 N–H and O–H groups in total. The van der Waals surface area contributed by atoms with Crippen LogP contribution in [0.4, 0.5) is 18.3 Å². The molecule has 168 valence electrons. The largest absolute Gasteiger partial charge is 0.491 e. The van der Waals surface area contributed by atoms with E-state index < -0.39 is 11.7 Å². The maximum absolute atomic E-state index is 13.3. The lowest BCUT2D eigenvalue weighted by Crippen LogP contribution is -2.11. The molecule has 0 fully saturated rings.